The number of aliphatic hydroxyl groups is 1. The minimum atomic E-state index is -0.408. The maximum atomic E-state index is 14.2. The molecule has 140 valence electrons. The molecular weight excluding hydrogens is 355 g/mol. The number of aliphatic hydroxyl groups excluding tert-OH is 1. The summed E-state index contributed by atoms with van der Waals surface area (Å²) in [4.78, 5) is 1.38. The van der Waals surface area contributed by atoms with E-state index >= 15 is 0 Å². The lowest BCUT2D eigenvalue weighted by Gasteiger charge is -2.25. The maximum absolute atomic E-state index is 14.2. The normalized spacial score (nSPS) is 19.6. The average Bonchev–Trinajstić information content (AvgIpc) is 3.41. The molecule has 0 amide bonds. The first kappa shape index (κ1) is 17.9. The molecule has 1 aliphatic carbocycles. The van der Waals surface area contributed by atoms with Crippen LogP contribution in [0.2, 0.25) is 0 Å². The Hall–Kier alpha value is -1.48. The monoisotopic (exact) mass is 379 g/mol. The number of nitrogens with zero attached hydrogens (tertiary/aromatic N) is 3. The van der Waals surface area contributed by atoms with Crippen LogP contribution in [0.15, 0.2) is 29.4 Å². The van der Waals surface area contributed by atoms with Crippen molar-refractivity contribution in [3.63, 3.8) is 0 Å². The Morgan fingerprint density at radius 2 is 2.04 bits per heavy atom. The fourth-order valence-corrected chi connectivity index (χ4v) is 4.22. The van der Waals surface area contributed by atoms with Gasteiger partial charge in [0.1, 0.15) is 31.6 Å². The van der Waals surface area contributed by atoms with E-state index in [0.717, 1.165) is 44.3 Å². The number of quaternary nitrogens is 1. The molecule has 2 fully saturated rings. The summed E-state index contributed by atoms with van der Waals surface area (Å²) in [5.41, 5.74) is 0.483. The Bertz CT molecular complexity index is 747. The second-order valence-electron chi connectivity index (χ2n) is 6.92. The van der Waals surface area contributed by atoms with Gasteiger partial charge >= 0.3 is 0 Å². The summed E-state index contributed by atoms with van der Waals surface area (Å²) in [6.07, 6.45) is 1.72. The van der Waals surface area contributed by atoms with Gasteiger partial charge in [-0.05, 0) is 25.0 Å². The van der Waals surface area contributed by atoms with E-state index in [4.69, 9.17) is 4.74 Å². The number of morpholine rings is 1. The van der Waals surface area contributed by atoms with Crippen molar-refractivity contribution in [2.24, 2.45) is 0 Å². The molecule has 1 aliphatic heterocycles. The highest BCUT2D eigenvalue weighted by atomic mass is 32.2. The number of benzene rings is 1. The van der Waals surface area contributed by atoms with Gasteiger partial charge in [-0.25, -0.2) is 4.39 Å². The zero-order valence-electron chi connectivity index (χ0n) is 14.6. The van der Waals surface area contributed by atoms with Gasteiger partial charge in [-0.2, -0.15) is 0 Å². The highest BCUT2D eigenvalue weighted by Gasteiger charge is 2.31. The van der Waals surface area contributed by atoms with E-state index in [1.54, 1.807) is 12.1 Å². The van der Waals surface area contributed by atoms with Gasteiger partial charge in [0.05, 0.1) is 18.8 Å². The number of halogens is 1. The third-order valence-electron chi connectivity index (χ3n) is 4.82. The van der Waals surface area contributed by atoms with Gasteiger partial charge in [-0.3, -0.25) is 4.57 Å². The zero-order valence-corrected chi connectivity index (χ0v) is 15.4. The van der Waals surface area contributed by atoms with E-state index in [-0.39, 0.29) is 5.82 Å². The topological polar surface area (TPSA) is 64.6 Å². The standard InChI is InChI=1S/C18H23FN4O2S/c19-16-4-2-1-3-15(16)17-20-21-18(23(17)13-5-6-13)26-12-14(24)11-22-7-9-25-10-8-22/h1-4,13-14,24H,5-12H2/p+1/t14-/m1/s1. The van der Waals surface area contributed by atoms with Gasteiger partial charge < -0.3 is 14.7 Å². The fourth-order valence-electron chi connectivity index (χ4n) is 3.29. The second kappa shape index (κ2) is 8.04. The summed E-state index contributed by atoms with van der Waals surface area (Å²) < 4.78 is 21.6. The van der Waals surface area contributed by atoms with Crippen LogP contribution in [0.5, 0.6) is 0 Å². The number of ether oxygens (including phenoxy) is 1. The maximum Gasteiger partial charge on any atom is 0.191 e. The van der Waals surface area contributed by atoms with Gasteiger partial charge in [0, 0.05) is 11.8 Å². The Morgan fingerprint density at radius 3 is 2.77 bits per heavy atom. The van der Waals surface area contributed by atoms with Crippen LogP contribution in [0.1, 0.15) is 18.9 Å². The summed E-state index contributed by atoms with van der Waals surface area (Å²) in [7, 11) is 0. The first-order chi connectivity index (χ1) is 12.7. The minimum Gasteiger partial charge on any atom is -0.386 e. The zero-order chi connectivity index (χ0) is 17.9. The van der Waals surface area contributed by atoms with Crippen LogP contribution in [-0.4, -0.2) is 64.6 Å². The highest BCUT2D eigenvalue weighted by molar-refractivity contribution is 7.99. The van der Waals surface area contributed by atoms with Crippen LogP contribution >= 0.6 is 11.8 Å². The lowest BCUT2D eigenvalue weighted by Crippen LogP contribution is -3.15. The number of hydrogen-bond donors (Lipinski definition) is 2. The molecule has 1 saturated heterocycles. The first-order valence-corrected chi connectivity index (χ1v) is 10.1. The van der Waals surface area contributed by atoms with Crippen molar-refractivity contribution in [1.29, 1.82) is 0 Å². The quantitative estimate of drug-likeness (QED) is 0.697. The molecule has 6 nitrogen and oxygen atoms in total. The molecule has 1 aromatic heterocycles. The summed E-state index contributed by atoms with van der Waals surface area (Å²) in [6.45, 7) is 4.12. The third-order valence-corrected chi connectivity index (χ3v) is 5.91. The number of nitrogens with one attached hydrogen (secondary N) is 1. The summed E-state index contributed by atoms with van der Waals surface area (Å²) >= 11 is 1.51. The van der Waals surface area contributed by atoms with Crippen LogP contribution < -0.4 is 4.90 Å². The first-order valence-electron chi connectivity index (χ1n) is 9.14. The molecule has 26 heavy (non-hydrogen) atoms. The van der Waals surface area contributed by atoms with E-state index < -0.39 is 6.10 Å². The van der Waals surface area contributed by atoms with Gasteiger partial charge in [-0.15, -0.1) is 10.2 Å². The smallest absolute Gasteiger partial charge is 0.191 e. The van der Waals surface area contributed by atoms with E-state index in [9.17, 15) is 9.50 Å². The van der Waals surface area contributed by atoms with E-state index in [0.29, 0.717) is 29.7 Å². The SMILES string of the molecule is O[C@@H](CSc1nnc(-c2ccccc2F)n1C1CC1)C[NH+]1CCOCC1. The van der Waals surface area contributed by atoms with Crippen LogP contribution in [-0.2, 0) is 4.74 Å². The molecule has 0 radical (unpaired) electrons. The Labute approximate surface area is 156 Å². The Balaban J connectivity index is 1.44. The van der Waals surface area contributed by atoms with E-state index in [1.165, 1.54) is 22.7 Å². The van der Waals surface area contributed by atoms with Crippen molar-refractivity contribution < 1.29 is 19.1 Å². The molecular formula is C18H24FN4O2S+. The molecule has 0 unspecified atom stereocenters. The lowest BCUT2D eigenvalue weighted by atomic mass is 10.2. The predicted molar refractivity (Wildman–Crippen MR) is 96.8 cm³/mol. The molecule has 2 aromatic rings. The van der Waals surface area contributed by atoms with Crippen molar-refractivity contribution in [2.45, 2.75) is 30.1 Å². The summed E-state index contributed by atoms with van der Waals surface area (Å²) in [6, 6.07) is 7.01. The summed E-state index contributed by atoms with van der Waals surface area (Å²) in [5, 5.41) is 19.7. The van der Waals surface area contributed by atoms with Crippen LogP contribution in [0.3, 0.4) is 0 Å². The molecule has 2 heterocycles. The number of aromatic nitrogens is 3. The van der Waals surface area contributed by atoms with Gasteiger partial charge in [0.25, 0.3) is 0 Å². The molecule has 8 heteroatoms. The Morgan fingerprint density at radius 1 is 1.27 bits per heavy atom. The predicted octanol–water partition coefficient (Wildman–Crippen LogP) is 0.787. The van der Waals surface area contributed by atoms with Crippen LogP contribution in [0.25, 0.3) is 11.4 Å². The van der Waals surface area contributed by atoms with Gasteiger partial charge in [0.15, 0.2) is 11.0 Å². The molecule has 4 rings (SSSR count). The largest absolute Gasteiger partial charge is 0.386 e. The minimum absolute atomic E-state index is 0.283. The van der Waals surface area contributed by atoms with Crippen molar-refractivity contribution >= 4 is 11.8 Å². The molecule has 2 N–H and O–H groups in total. The van der Waals surface area contributed by atoms with Crippen molar-refractivity contribution in [3.05, 3.63) is 30.1 Å². The number of rotatable bonds is 7. The Kier molecular flexibility index (Phi) is 5.54. The van der Waals surface area contributed by atoms with Gasteiger partial charge in [0.2, 0.25) is 0 Å². The van der Waals surface area contributed by atoms with Crippen molar-refractivity contribution in [1.82, 2.24) is 14.8 Å². The molecule has 0 bridgehead atoms. The molecule has 0 spiro atoms. The van der Waals surface area contributed by atoms with Crippen LogP contribution in [0, 0.1) is 5.82 Å². The molecule has 2 aliphatic rings. The van der Waals surface area contributed by atoms with E-state index in [1.807, 2.05) is 10.6 Å². The van der Waals surface area contributed by atoms with Crippen molar-refractivity contribution in [2.75, 3.05) is 38.6 Å². The average molecular weight is 379 g/mol. The van der Waals surface area contributed by atoms with Gasteiger partial charge in [-0.1, -0.05) is 23.9 Å². The lowest BCUT2D eigenvalue weighted by molar-refractivity contribution is -0.910. The second-order valence-corrected chi connectivity index (χ2v) is 7.91. The fraction of sp³-hybridized carbons (Fsp3) is 0.556. The van der Waals surface area contributed by atoms with E-state index in [2.05, 4.69) is 10.2 Å². The van der Waals surface area contributed by atoms with Crippen molar-refractivity contribution in [3.8, 4) is 11.4 Å². The third kappa shape index (κ3) is 4.09. The molecule has 1 aromatic carbocycles. The molecule has 1 saturated carbocycles. The number of hydrogen-bond acceptors (Lipinski definition) is 5. The number of thioether (sulfide) groups is 1. The van der Waals surface area contributed by atoms with Crippen LogP contribution in [0.4, 0.5) is 4.39 Å². The molecule has 1 atom stereocenters. The summed E-state index contributed by atoms with van der Waals surface area (Å²) in [5.74, 6) is 0.864. The highest BCUT2D eigenvalue weighted by Crippen LogP contribution is 2.41.